The number of hydrogen-bond acceptors (Lipinski definition) is 4. The molecule has 2 aromatic carbocycles. The van der Waals surface area contributed by atoms with Crippen LogP contribution < -0.4 is 10.2 Å². The number of anilines is 1. The molecule has 5 nitrogen and oxygen atoms in total. The number of carbonyl (C=O) groups excluding carboxylic acids is 1. The molecule has 2 heterocycles. The lowest BCUT2D eigenvalue weighted by molar-refractivity contribution is -0.125. The highest BCUT2D eigenvalue weighted by atomic mass is 16.5. The van der Waals surface area contributed by atoms with Crippen LogP contribution in [-0.2, 0) is 16.0 Å². The third-order valence-electron chi connectivity index (χ3n) is 5.68. The minimum atomic E-state index is -0.135. The lowest BCUT2D eigenvalue weighted by Crippen LogP contribution is -2.45. The number of benzene rings is 2. The molecule has 0 aromatic heterocycles. The van der Waals surface area contributed by atoms with Gasteiger partial charge in [0.05, 0.1) is 30.8 Å². The molecule has 2 aliphatic rings. The van der Waals surface area contributed by atoms with Crippen LogP contribution in [0.2, 0.25) is 0 Å². The van der Waals surface area contributed by atoms with E-state index in [2.05, 4.69) is 28.4 Å². The van der Waals surface area contributed by atoms with Crippen molar-refractivity contribution in [1.29, 1.82) is 5.26 Å². The fourth-order valence-corrected chi connectivity index (χ4v) is 4.13. The molecule has 28 heavy (non-hydrogen) atoms. The van der Waals surface area contributed by atoms with Crippen molar-refractivity contribution >= 4 is 11.6 Å². The molecule has 1 fully saturated rings. The quantitative estimate of drug-likeness (QED) is 0.890. The molecule has 1 amide bonds. The normalized spacial score (nSPS) is 19.5. The lowest BCUT2D eigenvalue weighted by Gasteiger charge is -2.34. The second kappa shape index (κ2) is 8.45. The topological polar surface area (TPSA) is 65.4 Å². The van der Waals surface area contributed by atoms with Gasteiger partial charge < -0.3 is 15.0 Å². The van der Waals surface area contributed by atoms with Crippen LogP contribution in [0.5, 0.6) is 0 Å². The number of nitriles is 1. The number of amides is 1. The summed E-state index contributed by atoms with van der Waals surface area (Å²) < 4.78 is 5.87. The van der Waals surface area contributed by atoms with Gasteiger partial charge in [-0.2, -0.15) is 5.26 Å². The standard InChI is InChI=1S/C23H25N3O2/c24-16-17-5-7-20(8-6-17)26-12-9-19(10-13-26)25-23(27)15-22-21-4-2-1-3-18(21)11-14-28-22/h1-8,19,22H,9-15H2,(H,25,27)/t22-/m0/s1. The summed E-state index contributed by atoms with van der Waals surface area (Å²) >= 11 is 0. The number of nitrogens with one attached hydrogen (secondary N) is 1. The molecule has 0 unspecified atom stereocenters. The van der Waals surface area contributed by atoms with Gasteiger partial charge in [0.1, 0.15) is 0 Å². The number of carbonyl (C=O) groups is 1. The zero-order chi connectivity index (χ0) is 19.3. The third-order valence-corrected chi connectivity index (χ3v) is 5.68. The lowest BCUT2D eigenvalue weighted by atomic mass is 9.95. The molecule has 0 bridgehead atoms. The molecule has 1 atom stereocenters. The van der Waals surface area contributed by atoms with Gasteiger partial charge in [0.2, 0.25) is 5.91 Å². The first kappa shape index (κ1) is 18.5. The van der Waals surface area contributed by atoms with E-state index in [4.69, 9.17) is 10.00 Å². The zero-order valence-electron chi connectivity index (χ0n) is 15.9. The Morgan fingerprint density at radius 3 is 2.64 bits per heavy atom. The second-order valence-corrected chi connectivity index (χ2v) is 7.50. The molecule has 0 aliphatic carbocycles. The van der Waals surface area contributed by atoms with E-state index in [0.29, 0.717) is 18.6 Å². The van der Waals surface area contributed by atoms with Crippen LogP contribution in [-0.4, -0.2) is 31.6 Å². The molecular formula is C23H25N3O2. The Bertz CT molecular complexity index is 864. The van der Waals surface area contributed by atoms with E-state index in [9.17, 15) is 4.79 Å². The monoisotopic (exact) mass is 375 g/mol. The number of rotatable bonds is 4. The van der Waals surface area contributed by atoms with Crippen molar-refractivity contribution in [2.75, 3.05) is 24.6 Å². The van der Waals surface area contributed by atoms with Crippen LogP contribution in [0.25, 0.3) is 0 Å². The first-order valence-electron chi connectivity index (χ1n) is 9.97. The van der Waals surface area contributed by atoms with Crippen molar-refractivity contribution < 1.29 is 9.53 Å². The van der Waals surface area contributed by atoms with Crippen molar-refractivity contribution in [2.24, 2.45) is 0 Å². The van der Waals surface area contributed by atoms with E-state index in [0.717, 1.165) is 43.6 Å². The number of fused-ring (bicyclic) bond motifs is 1. The van der Waals surface area contributed by atoms with E-state index < -0.39 is 0 Å². The number of piperidine rings is 1. The summed E-state index contributed by atoms with van der Waals surface area (Å²) in [6.45, 7) is 2.48. The van der Waals surface area contributed by atoms with Crippen LogP contribution in [0, 0.1) is 11.3 Å². The number of ether oxygens (including phenoxy) is 1. The fraction of sp³-hybridized carbons (Fsp3) is 0.391. The highest BCUT2D eigenvalue weighted by Crippen LogP contribution is 2.29. The van der Waals surface area contributed by atoms with E-state index in [-0.39, 0.29) is 18.1 Å². The summed E-state index contributed by atoms with van der Waals surface area (Å²) in [5.41, 5.74) is 4.26. The highest BCUT2D eigenvalue weighted by Gasteiger charge is 2.25. The summed E-state index contributed by atoms with van der Waals surface area (Å²) in [5.74, 6) is 0.0681. The zero-order valence-corrected chi connectivity index (χ0v) is 15.9. The Morgan fingerprint density at radius 1 is 1.14 bits per heavy atom. The van der Waals surface area contributed by atoms with Gasteiger partial charge in [0.15, 0.2) is 0 Å². The Hall–Kier alpha value is -2.84. The van der Waals surface area contributed by atoms with E-state index in [1.807, 2.05) is 36.4 Å². The molecule has 5 heteroatoms. The van der Waals surface area contributed by atoms with Crippen LogP contribution in [0.1, 0.15) is 42.1 Å². The molecule has 1 saturated heterocycles. The molecule has 1 N–H and O–H groups in total. The maximum Gasteiger partial charge on any atom is 0.223 e. The van der Waals surface area contributed by atoms with Crippen LogP contribution in [0.3, 0.4) is 0 Å². The average molecular weight is 375 g/mol. The predicted octanol–water partition coefficient (Wildman–Crippen LogP) is 3.35. The van der Waals surface area contributed by atoms with E-state index in [1.165, 1.54) is 5.56 Å². The van der Waals surface area contributed by atoms with Crippen molar-refractivity contribution in [3.05, 3.63) is 65.2 Å². The van der Waals surface area contributed by atoms with Crippen LogP contribution >= 0.6 is 0 Å². The van der Waals surface area contributed by atoms with Gasteiger partial charge in [-0.15, -0.1) is 0 Å². The maximum atomic E-state index is 12.6. The summed E-state index contributed by atoms with van der Waals surface area (Å²) in [6, 6.07) is 18.3. The summed E-state index contributed by atoms with van der Waals surface area (Å²) in [5, 5.41) is 12.1. The van der Waals surface area contributed by atoms with Crippen LogP contribution in [0.15, 0.2) is 48.5 Å². The molecule has 4 rings (SSSR count). The molecule has 2 aromatic rings. The summed E-state index contributed by atoms with van der Waals surface area (Å²) in [6.07, 6.45) is 3.01. The smallest absolute Gasteiger partial charge is 0.223 e. The average Bonchev–Trinajstić information content (AvgIpc) is 2.75. The predicted molar refractivity (Wildman–Crippen MR) is 108 cm³/mol. The van der Waals surface area contributed by atoms with E-state index >= 15 is 0 Å². The minimum Gasteiger partial charge on any atom is -0.373 e. The van der Waals surface area contributed by atoms with Gasteiger partial charge in [-0.05, 0) is 54.7 Å². The Balaban J connectivity index is 1.28. The van der Waals surface area contributed by atoms with Gasteiger partial charge in [0, 0.05) is 24.8 Å². The molecule has 144 valence electrons. The van der Waals surface area contributed by atoms with Gasteiger partial charge in [-0.1, -0.05) is 24.3 Å². The minimum absolute atomic E-state index is 0.0681. The van der Waals surface area contributed by atoms with Crippen molar-refractivity contribution in [1.82, 2.24) is 5.32 Å². The van der Waals surface area contributed by atoms with Crippen molar-refractivity contribution in [2.45, 2.75) is 37.8 Å². The SMILES string of the molecule is N#Cc1ccc(N2CCC(NC(=O)C[C@@H]3OCCc4ccccc43)CC2)cc1. The molecule has 0 radical (unpaired) electrons. The highest BCUT2D eigenvalue weighted by molar-refractivity contribution is 5.77. The fourth-order valence-electron chi connectivity index (χ4n) is 4.13. The molecule has 2 aliphatic heterocycles. The second-order valence-electron chi connectivity index (χ2n) is 7.50. The molecular weight excluding hydrogens is 350 g/mol. The van der Waals surface area contributed by atoms with E-state index in [1.54, 1.807) is 0 Å². The van der Waals surface area contributed by atoms with Gasteiger partial charge in [0.25, 0.3) is 0 Å². The summed E-state index contributed by atoms with van der Waals surface area (Å²) in [7, 11) is 0. The molecule has 0 spiro atoms. The van der Waals surface area contributed by atoms with Gasteiger partial charge >= 0.3 is 0 Å². The van der Waals surface area contributed by atoms with Crippen LogP contribution in [0.4, 0.5) is 5.69 Å². The van der Waals surface area contributed by atoms with Gasteiger partial charge in [-0.3, -0.25) is 4.79 Å². The van der Waals surface area contributed by atoms with Crippen molar-refractivity contribution in [3.63, 3.8) is 0 Å². The van der Waals surface area contributed by atoms with Gasteiger partial charge in [-0.25, -0.2) is 0 Å². The third kappa shape index (κ3) is 4.18. The first-order chi connectivity index (χ1) is 13.7. The Labute approximate surface area is 165 Å². The van der Waals surface area contributed by atoms with Crippen molar-refractivity contribution in [3.8, 4) is 6.07 Å². The maximum absolute atomic E-state index is 12.6. The first-order valence-corrected chi connectivity index (χ1v) is 9.97. The Morgan fingerprint density at radius 2 is 1.89 bits per heavy atom. The Kier molecular flexibility index (Phi) is 5.59. The molecule has 0 saturated carbocycles. The largest absolute Gasteiger partial charge is 0.373 e. The number of hydrogen-bond donors (Lipinski definition) is 1. The number of nitrogens with zero attached hydrogens (tertiary/aromatic N) is 2. The summed E-state index contributed by atoms with van der Waals surface area (Å²) in [4.78, 5) is 14.9.